The first-order valence-electron chi connectivity index (χ1n) is 27.0. The third-order valence-corrected chi connectivity index (χ3v) is 16.6. The molecule has 0 fully saturated rings. The van der Waals surface area contributed by atoms with Crippen LogP contribution in [-0.4, -0.2) is 206 Å². The first-order chi connectivity index (χ1) is 38.8. The number of ether oxygens (including phenoxy) is 3. The van der Waals surface area contributed by atoms with Crippen molar-refractivity contribution in [3.63, 3.8) is 0 Å². The van der Waals surface area contributed by atoms with Crippen LogP contribution in [0.3, 0.4) is 0 Å². The number of nitrogens with zero attached hydrogens (tertiary/aromatic N) is 5. The smallest absolute Gasteiger partial charge is 0.306 e. The van der Waals surface area contributed by atoms with E-state index in [9.17, 15) is 66.6 Å². The van der Waals surface area contributed by atoms with Crippen molar-refractivity contribution in [1.82, 2.24) is 45.3 Å². The molecule has 27 nitrogen and oxygen atoms in total. The van der Waals surface area contributed by atoms with E-state index in [0.717, 1.165) is 32.7 Å². The number of anilines is 1. The van der Waals surface area contributed by atoms with Crippen molar-refractivity contribution in [1.29, 1.82) is 0 Å². The number of imide groups is 1. The lowest BCUT2D eigenvalue weighted by atomic mass is 9.92. The number of aromatic hydroxyl groups is 1. The number of benzene rings is 1. The van der Waals surface area contributed by atoms with E-state index in [1.165, 1.54) is 44.5 Å². The van der Waals surface area contributed by atoms with Crippen molar-refractivity contribution in [2.24, 2.45) is 17.8 Å². The number of hydrogen-bond acceptors (Lipinski definition) is 19. The molecule has 0 saturated heterocycles. The number of carbonyl (C=O) groups excluding carboxylic acids is 9. The second-order valence-corrected chi connectivity index (χ2v) is 24.0. The molecule has 0 bridgehead atoms. The Balaban J connectivity index is 1.69. The topological polar surface area (TPSA) is 359 Å². The zero-order chi connectivity index (χ0) is 62.5. The Morgan fingerprint density at radius 2 is 1.52 bits per heavy atom. The molecule has 1 aromatic heterocycles. The largest absolute Gasteiger partial charge is 0.506 e. The van der Waals surface area contributed by atoms with Gasteiger partial charge >= 0.3 is 11.9 Å². The van der Waals surface area contributed by atoms with Crippen LogP contribution < -0.4 is 26.6 Å². The molecule has 83 heavy (non-hydrogen) atoms. The highest BCUT2D eigenvalue weighted by Crippen LogP contribution is 2.32. The molecule has 0 unspecified atom stereocenters. The fraction of sp³-hybridized carbons (Fsp3) is 0.611. The summed E-state index contributed by atoms with van der Waals surface area (Å²) in [6, 6.07) is 1.91. The van der Waals surface area contributed by atoms with Gasteiger partial charge in [0.15, 0.2) is 12.0 Å². The highest BCUT2D eigenvalue weighted by atomic mass is 32.2. The van der Waals surface area contributed by atoms with E-state index < -0.39 is 125 Å². The van der Waals surface area contributed by atoms with E-state index in [4.69, 9.17) is 14.2 Å². The third-order valence-electron chi connectivity index (χ3n) is 14.1. The number of esters is 1. The zero-order valence-electron chi connectivity index (χ0n) is 49.3. The molecule has 0 saturated carbocycles. The third kappa shape index (κ3) is 22.0. The Hall–Kier alpha value is -6.92. The fourth-order valence-corrected chi connectivity index (χ4v) is 10.3. The molecule has 6 atom stereocenters. The average Bonchev–Trinajstić information content (AvgIpc) is 4.05. The number of sulfonamides is 1. The average molecular weight is 1210 g/mol. The normalized spacial score (nSPS) is 14.9. The zero-order valence-corrected chi connectivity index (χ0v) is 50.9. The summed E-state index contributed by atoms with van der Waals surface area (Å²) in [4.78, 5) is 137. The lowest BCUT2D eigenvalue weighted by Gasteiger charge is -2.38. The van der Waals surface area contributed by atoms with Crippen molar-refractivity contribution < 1.29 is 80.8 Å². The summed E-state index contributed by atoms with van der Waals surface area (Å²) < 4.78 is 42.8. The van der Waals surface area contributed by atoms with Crippen LogP contribution in [0.1, 0.15) is 108 Å². The van der Waals surface area contributed by atoms with Gasteiger partial charge in [-0.3, -0.25) is 57.7 Å². The number of nitrogens with one attached hydrogen (secondary N) is 5. The minimum atomic E-state index is -4.16. The van der Waals surface area contributed by atoms with Crippen molar-refractivity contribution in [3.8, 4) is 5.75 Å². The van der Waals surface area contributed by atoms with Crippen LogP contribution in [0.4, 0.5) is 5.69 Å². The van der Waals surface area contributed by atoms with E-state index >= 15 is 0 Å². The minimum Gasteiger partial charge on any atom is -0.506 e. The van der Waals surface area contributed by atoms with Crippen LogP contribution in [-0.2, 0) is 73.8 Å². The van der Waals surface area contributed by atoms with Crippen LogP contribution in [0.2, 0.25) is 0 Å². The van der Waals surface area contributed by atoms with E-state index in [1.54, 1.807) is 44.8 Å². The second kappa shape index (κ2) is 32.8. The number of methoxy groups -OCH3 is 1. The molecule has 1 aliphatic rings. The number of likely N-dealkylation sites (N-methyl/N-ethyl adjacent to an activating group) is 2. The Kier molecular flexibility index (Phi) is 27.8. The summed E-state index contributed by atoms with van der Waals surface area (Å²) in [5, 5.41) is 35.2. The Labute approximate surface area is 488 Å². The van der Waals surface area contributed by atoms with Gasteiger partial charge in [-0.1, -0.05) is 47.1 Å². The Morgan fingerprint density at radius 3 is 2.11 bits per heavy atom. The number of thiazole rings is 1. The Bertz CT molecular complexity index is 2750. The number of aromatic nitrogens is 1. The lowest BCUT2D eigenvalue weighted by Crippen LogP contribution is -2.60. The molecule has 29 heteroatoms. The van der Waals surface area contributed by atoms with Gasteiger partial charge in [0.1, 0.15) is 22.5 Å². The lowest BCUT2D eigenvalue weighted by molar-refractivity contribution is -0.149. The molecule has 8 amide bonds. The van der Waals surface area contributed by atoms with Gasteiger partial charge < -0.3 is 55.9 Å². The summed E-state index contributed by atoms with van der Waals surface area (Å²) in [6.07, 6.45) is 1.26. The number of hydrogen-bond donors (Lipinski definition) is 7. The van der Waals surface area contributed by atoms with Crippen LogP contribution >= 0.6 is 11.3 Å². The first kappa shape index (κ1) is 70.3. The minimum absolute atomic E-state index is 0.00168. The maximum atomic E-state index is 14.3. The predicted molar refractivity (Wildman–Crippen MR) is 305 cm³/mol. The highest BCUT2D eigenvalue weighted by molar-refractivity contribution is 7.88. The molecule has 2 aromatic rings. The van der Waals surface area contributed by atoms with Crippen LogP contribution in [0.5, 0.6) is 5.75 Å². The number of carboxylic acid groups (broad SMARTS) is 1. The molecule has 7 N–H and O–H groups in total. The monoisotopic (exact) mass is 1210 g/mol. The van der Waals surface area contributed by atoms with Gasteiger partial charge in [-0.2, -0.15) is 4.31 Å². The number of carbonyl (C=O) groups is 10. The van der Waals surface area contributed by atoms with E-state index in [-0.39, 0.29) is 91.4 Å². The first-order valence-corrected chi connectivity index (χ1v) is 29.5. The van der Waals surface area contributed by atoms with Crippen LogP contribution in [0.25, 0.3) is 0 Å². The molecule has 0 aliphatic carbocycles. The standard InChI is InChI=1S/C54H82N10O17S2/c1-13-33(4)48(60-53(76)54(7,8)61(9)10)51(73)62(11)40(32(2)3)27-42(81-35(6)65)50-59-39(30-82-50)49(72)57-37(24-34(5)52(74)75)25-36-14-15-41(66)38(26-36)58-45(69)29-56-44(68)28-55-43(67)18-19-63(83(77,78)31-80-23-22-79-12)20-21-64-46(70)16-17-47(64)71/h14-17,26,30,32-34,37,40,42,48,66H,13,18-25,27-29,31H2,1-12H3,(H,55,67)(H,56,68)(H,57,72)(H,58,69)(H,60,76)(H,74,75)/t33-,34-,37+,40+,42+,48-/m0/s1. The van der Waals surface area contributed by atoms with Gasteiger partial charge in [0.25, 0.3) is 17.7 Å². The van der Waals surface area contributed by atoms with Gasteiger partial charge in [-0.15, -0.1) is 11.3 Å². The second-order valence-electron chi connectivity index (χ2n) is 21.2. The fourth-order valence-electron chi connectivity index (χ4n) is 8.26. The van der Waals surface area contributed by atoms with Crippen molar-refractivity contribution in [3.05, 3.63) is 52.0 Å². The molecule has 0 radical (unpaired) electrons. The molecule has 3 rings (SSSR count). The van der Waals surface area contributed by atoms with Crippen LogP contribution in [0.15, 0.2) is 35.7 Å². The summed E-state index contributed by atoms with van der Waals surface area (Å²) in [7, 11) is 2.41. The number of rotatable bonds is 36. The molecule has 462 valence electrons. The van der Waals surface area contributed by atoms with E-state index in [1.807, 2.05) is 27.7 Å². The number of phenolic OH excluding ortho intramolecular Hbond substituents is 1. The summed E-state index contributed by atoms with van der Waals surface area (Å²) >= 11 is 1.04. The van der Waals surface area contributed by atoms with Crippen LogP contribution in [0, 0.1) is 17.8 Å². The van der Waals surface area contributed by atoms with Gasteiger partial charge in [0.05, 0.1) is 43.4 Å². The van der Waals surface area contributed by atoms with Gasteiger partial charge in [-0.25, -0.2) is 13.4 Å². The summed E-state index contributed by atoms with van der Waals surface area (Å²) in [5.74, 6) is -9.22. The van der Waals surface area contributed by atoms with Gasteiger partial charge in [0, 0.05) is 83.2 Å². The summed E-state index contributed by atoms with van der Waals surface area (Å²) in [6.45, 7) is 11.6. The molecule has 2 heterocycles. The van der Waals surface area contributed by atoms with Crippen molar-refractivity contribution >= 4 is 86.2 Å². The Morgan fingerprint density at radius 1 is 0.880 bits per heavy atom. The quantitative estimate of drug-likeness (QED) is 0.0219. The SMILES string of the molecule is CC[C@H](C)[C@H](NC(=O)C(C)(C)N(C)C)C(=O)N(C)[C@H](C[C@@H](OC(C)=O)c1nc(C(=O)N[C@@H](Cc2ccc(O)c(NC(=O)CNC(=O)CNC(=O)CCN(CCN3C(=O)C=CC3=O)S(=O)(=O)COCCOC)c2)C[C@H](C)C(=O)O)cs1)C(C)C. The van der Waals surface area contributed by atoms with E-state index in [2.05, 4.69) is 31.6 Å². The number of amides is 8. The van der Waals surface area contributed by atoms with Crippen molar-refractivity contribution in [2.75, 3.05) is 85.4 Å². The molecular weight excluding hydrogens is 1120 g/mol. The maximum Gasteiger partial charge on any atom is 0.306 e. The number of phenols is 1. The van der Waals surface area contributed by atoms with Crippen molar-refractivity contribution in [2.45, 2.75) is 117 Å². The summed E-state index contributed by atoms with van der Waals surface area (Å²) in [5.41, 5.74) is -0.635. The van der Waals surface area contributed by atoms with Gasteiger partial charge in [-0.05, 0) is 70.3 Å². The number of carboxylic acids is 1. The molecule has 1 aromatic carbocycles. The molecule has 1 aliphatic heterocycles. The molecular formula is C54H82N10O17S2. The number of aliphatic carboxylic acids is 1. The maximum absolute atomic E-state index is 14.3. The molecule has 0 spiro atoms. The van der Waals surface area contributed by atoms with Gasteiger partial charge in [0.2, 0.25) is 39.6 Å². The predicted octanol–water partition coefficient (Wildman–Crippen LogP) is 1.39. The highest BCUT2D eigenvalue weighted by Gasteiger charge is 2.39. The van der Waals surface area contributed by atoms with E-state index in [0.29, 0.717) is 12.0 Å².